The van der Waals surface area contributed by atoms with Crippen LogP contribution in [0.2, 0.25) is 0 Å². The Bertz CT molecular complexity index is 999. The SMILES string of the molecule is CCOC(Cc1ccc(OCCN(CC2CCC2)C(=O)Oc2cc(C)c(C)cc2C)cc1)C(=O)O. The van der Waals surface area contributed by atoms with Gasteiger partial charge in [-0.1, -0.05) is 24.6 Å². The first-order valence-corrected chi connectivity index (χ1v) is 12.4. The Morgan fingerprint density at radius 2 is 1.74 bits per heavy atom. The molecule has 1 atom stereocenters. The predicted octanol–water partition coefficient (Wildman–Crippen LogP) is 5.32. The van der Waals surface area contributed by atoms with Crippen molar-refractivity contribution in [3.63, 3.8) is 0 Å². The van der Waals surface area contributed by atoms with Gasteiger partial charge in [0.05, 0.1) is 6.54 Å². The second-order valence-corrected chi connectivity index (χ2v) is 9.29. The molecule has 1 saturated carbocycles. The Balaban J connectivity index is 1.56. The molecule has 1 N–H and O–H groups in total. The van der Waals surface area contributed by atoms with Gasteiger partial charge in [0.25, 0.3) is 0 Å². The molecule has 1 unspecified atom stereocenters. The summed E-state index contributed by atoms with van der Waals surface area (Å²) in [6.07, 6.45) is 2.56. The maximum absolute atomic E-state index is 13.0. The molecule has 0 aromatic heterocycles. The van der Waals surface area contributed by atoms with E-state index >= 15 is 0 Å². The molecule has 0 bridgehead atoms. The molecule has 1 fully saturated rings. The number of hydrogen-bond acceptors (Lipinski definition) is 5. The number of carbonyl (C=O) groups excluding carboxylic acids is 1. The van der Waals surface area contributed by atoms with Crippen LogP contribution in [0.3, 0.4) is 0 Å². The van der Waals surface area contributed by atoms with Crippen molar-refractivity contribution in [3.8, 4) is 11.5 Å². The summed E-state index contributed by atoms with van der Waals surface area (Å²) >= 11 is 0. The fourth-order valence-electron chi connectivity index (χ4n) is 4.07. The van der Waals surface area contributed by atoms with Gasteiger partial charge in [0.15, 0.2) is 6.10 Å². The van der Waals surface area contributed by atoms with Gasteiger partial charge in [-0.2, -0.15) is 0 Å². The Morgan fingerprint density at radius 3 is 2.34 bits per heavy atom. The third-order valence-corrected chi connectivity index (χ3v) is 6.57. The predicted molar refractivity (Wildman–Crippen MR) is 134 cm³/mol. The summed E-state index contributed by atoms with van der Waals surface area (Å²) in [5.41, 5.74) is 4.06. The van der Waals surface area contributed by atoms with Crippen LogP contribution in [0.15, 0.2) is 36.4 Å². The van der Waals surface area contributed by atoms with Crippen molar-refractivity contribution < 1.29 is 28.9 Å². The zero-order chi connectivity index (χ0) is 25.4. The minimum absolute atomic E-state index is 0.294. The molecule has 3 rings (SSSR count). The van der Waals surface area contributed by atoms with Crippen molar-refractivity contribution >= 4 is 12.1 Å². The number of benzene rings is 2. The highest BCUT2D eigenvalue weighted by atomic mass is 16.6. The summed E-state index contributed by atoms with van der Waals surface area (Å²) in [5, 5.41) is 9.26. The fraction of sp³-hybridized carbons (Fsp3) is 0.500. The lowest BCUT2D eigenvalue weighted by Crippen LogP contribution is -2.41. The van der Waals surface area contributed by atoms with Crippen molar-refractivity contribution in [2.75, 3.05) is 26.3 Å². The number of ether oxygens (including phenoxy) is 3. The number of carboxylic acids is 1. The number of amides is 1. The first-order chi connectivity index (χ1) is 16.8. The van der Waals surface area contributed by atoms with E-state index in [2.05, 4.69) is 0 Å². The molecular weight excluding hydrogens is 446 g/mol. The van der Waals surface area contributed by atoms with Crippen LogP contribution in [0.4, 0.5) is 4.79 Å². The monoisotopic (exact) mass is 483 g/mol. The van der Waals surface area contributed by atoms with Crippen molar-refractivity contribution in [1.29, 1.82) is 0 Å². The van der Waals surface area contributed by atoms with E-state index < -0.39 is 12.1 Å². The molecule has 1 aliphatic carbocycles. The number of nitrogens with zero attached hydrogens (tertiary/aromatic N) is 1. The van der Waals surface area contributed by atoms with Gasteiger partial charge in [-0.15, -0.1) is 0 Å². The van der Waals surface area contributed by atoms with E-state index in [0.29, 0.717) is 50.1 Å². The third-order valence-electron chi connectivity index (χ3n) is 6.57. The number of carbonyl (C=O) groups is 2. The smallest absolute Gasteiger partial charge is 0.415 e. The molecule has 0 radical (unpaired) electrons. The van der Waals surface area contributed by atoms with Crippen LogP contribution in [0.5, 0.6) is 11.5 Å². The van der Waals surface area contributed by atoms with Crippen LogP contribution in [0.25, 0.3) is 0 Å². The lowest BCUT2D eigenvalue weighted by atomic mass is 9.85. The molecule has 0 aliphatic heterocycles. The summed E-state index contributed by atoms with van der Waals surface area (Å²) in [4.78, 5) is 26.1. The molecular formula is C28H37NO6. The van der Waals surface area contributed by atoms with Crippen molar-refractivity contribution in [3.05, 3.63) is 58.7 Å². The molecule has 2 aromatic rings. The van der Waals surface area contributed by atoms with Crippen molar-refractivity contribution in [2.45, 2.75) is 59.5 Å². The molecule has 7 heteroatoms. The van der Waals surface area contributed by atoms with E-state index in [4.69, 9.17) is 14.2 Å². The van der Waals surface area contributed by atoms with Crippen molar-refractivity contribution in [1.82, 2.24) is 4.90 Å². The van der Waals surface area contributed by atoms with Crippen LogP contribution in [0, 0.1) is 26.7 Å². The lowest BCUT2D eigenvalue weighted by molar-refractivity contribution is -0.149. The molecule has 7 nitrogen and oxygen atoms in total. The number of carboxylic acid groups (broad SMARTS) is 1. The molecule has 0 spiro atoms. The van der Waals surface area contributed by atoms with Crippen molar-refractivity contribution in [2.24, 2.45) is 5.92 Å². The van der Waals surface area contributed by atoms with Gasteiger partial charge in [0.1, 0.15) is 18.1 Å². The number of hydrogen-bond donors (Lipinski definition) is 1. The van der Waals surface area contributed by atoms with Crippen LogP contribution in [-0.2, 0) is 16.0 Å². The molecule has 1 aliphatic rings. The number of aliphatic carboxylic acids is 1. The van der Waals surface area contributed by atoms with E-state index in [1.807, 2.05) is 57.2 Å². The summed E-state index contributed by atoms with van der Waals surface area (Å²) < 4.78 is 16.9. The first kappa shape index (κ1) is 26.5. The average Bonchev–Trinajstić information content (AvgIpc) is 2.79. The second kappa shape index (κ2) is 12.6. The van der Waals surface area contributed by atoms with Crippen LogP contribution >= 0.6 is 0 Å². The molecule has 35 heavy (non-hydrogen) atoms. The van der Waals surface area contributed by atoms with E-state index in [1.54, 1.807) is 11.8 Å². The second-order valence-electron chi connectivity index (χ2n) is 9.29. The van der Waals surface area contributed by atoms with Crippen LogP contribution in [-0.4, -0.2) is 54.5 Å². The average molecular weight is 484 g/mol. The molecule has 1 amide bonds. The Labute approximate surface area is 208 Å². The highest BCUT2D eigenvalue weighted by Crippen LogP contribution is 2.28. The van der Waals surface area contributed by atoms with E-state index in [1.165, 1.54) is 12.0 Å². The van der Waals surface area contributed by atoms with Gasteiger partial charge in [-0.3, -0.25) is 0 Å². The van der Waals surface area contributed by atoms with Gasteiger partial charge in [-0.05, 0) is 86.9 Å². The molecule has 0 saturated heterocycles. The minimum atomic E-state index is -0.971. The number of aryl methyl sites for hydroxylation is 3. The van der Waals surface area contributed by atoms with Gasteiger partial charge in [0, 0.05) is 19.6 Å². The summed E-state index contributed by atoms with van der Waals surface area (Å²) in [7, 11) is 0. The zero-order valence-corrected chi connectivity index (χ0v) is 21.2. The van der Waals surface area contributed by atoms with E-state index in [-0.39, 0.29) is 6.09 Å². The Hall–Kier alpha value is -3.06. The van der Waals surface area contributed by atoms with Gasteiger partial charge >= 0.3 is 12.1 Å². The van der Waals surface area contributed by atoms with Crippen LogP contribution < -0.4 is 9.47 Å². The maximum Gasteiger partial charge on any atom is 0.415 e. The third kappa shape index (κ3) is 7.72. The molecule has 2 aromatic carbocycles. The number of rotatable bonds is 12. The maximum atomic E-state index is 13.0. The Kier molecular flexibility index (Phi) is 9.55. The van der Waals surface area contributed by atoms with Gasteiger partial charge < -0.3 is 24.2 Å². The lowest BCUT2D eigenvalue weighted by Gasteiger charge is -2.32. The fourth-order valence-corrected chi connectivity index (χ4v) is 4.07. The van der Waals surface area contributed by atoms with Gasteiger partial charge in [0.2, 0.25) is 0 Å². The highest BCUT2D eigenvalue weighted by molar-refractivity contribution is 5.73. The first-order valence-electron chi connectivity index (χ1n) is 12.4. The minimum Gasteiger partial charge on any atom is -0.492 e. The summed E-state index contributed by atoms with van der Waals surface area (Å²) in [6.45, 7) is 9.56. The molecule has 0 heterocycles. The van der Waals surface area contributed by atoms with Crippen LogP contribution in [0.1, 0.15) is 48.4 Å². The van der Waals surface area contributed by atoms with E-state index in [0.717, 1.165) is 29.5 Å². The quantitative estimate of drug-likeness (QED) is 0.440. The Morgan fingerprint density at radius 1 is 1.06 bits per heavy atom. The van der Waals surface area contributed by atoms with E-state index in [9.17, 15) is 14.7 Å². The zero-order valence-electron chi connectivity index (χ0n) is 21.2. The highest BCUT2D eigenvalue weighted by Gasteiger charge is 2.25. The largest absolute Gasteiger partial charge is 0.492 e. The standard InChI is InChI=1S/C28H37NO6/c1-5-33-26(27(30)31)17-22-9-11-24(12-10-22)34-14-13-29(18-23-7-6-8-23)28(32)35-25-16-20(3)19(2)15-21(25)4/h9-12,15-16,23,26H,5-8,13-14,17-18H2,1-4H3,(H,30,31). The van der Waals surface area contributed by atoms with Gasteiger partial charge in [-0.25, -0.2) is 9.59 Å². The summed E-state index contributed by atoms with van der Waals surface area (Å²) in [5.74, 6) is 0.802. The summed E-state index contributed by atoms with van der Waals surface area (Å²) in [6, 6.07) is 11.3. The normalized spacial score (nSPS) is 14.2. The molecule has 190 valence electrons. The topological polar surface area (TPSA) is 85.3 Å².